The summed E-state index contributed by atoms with van der Waals surface area (Å²) >= 11 is 0. The fourth-order valence-electron chi connectivity index (χ4n) is 2.22. The minimum atomic E-state index is -1.02. The first-order chi connectivity index (χ1) is 9.15. The number of hydrogen-bond acceptors (Lipinski definition) is 3. The SMILES string of the molecule is O=C1Cc2c(cccc2-c2cncc(C(=O)O)c2)N1. The predicted molar refractivity (Wildman–Crippen MR) is 69.0 cm³/mol. The lowest BCUT2D eigenvalue weighted by Gasteiger charge is -2.07. The van der Waals surface area contributed by atoms with Crippen LogP contribution in [0.25, 0.3) is 11.1 Å². The Labute approximate surface area is 108 Å². The first kappa shape index (κ1) is 11.4. The molecule has 3 rings (SSSR count). The van der Waals surface area contributed by atoms with Gasteiger partial charge >= 0.3 is 5.97 Å². The van der Waals surface area contributed by atoms with E-state index in [1.54, 1.807) is 12.3 Å². The Morgan fingerprint density at radius 2 is 2.16 bits per heavy atom. The lowest BCUT2D eigenvalue weighted by atomic mass is 9.98. The highest BCUT2D eigenvalue weighted by molar-refractivity contribution is 6.02. The normalized spacial score (nSPS) is 12.9. The molecular weight excluding hydrogens is 244 g/mol. The number of carbonyl (C=O) groups excluding carboxylic acids is 1. The molecule has 1 aliphatic rings. The number of carboxylic acid groups (broad SMARTS) is 1. The Morgan fingerprint density at radius 3 is 2.95 bits per heavy atom. The van der Waals surface area contributed by atoms with Crippen LogP contribution in [0.3, 0.4) is 0 Å². The van der Waals surface area contributed by atoms with E-state index in [1.807, 2.05) is 18.2 Å². The smallest absolute Gasteiger partial charge is 0.337 e. The van der Waals surface area contributed by atoms with E-state index in [1.165, 1.54) is 6.20 Å². The van der Waals surface area contributed by atoms with Crippen molar-refractivity contribution in [2.45, 2.75) is 6.42 Å². The first-order valence-electron chi connectivity index (χ1n) is 5.75. The molecule has 2 heterocycles. The number of anilines is 1. The second-order valence-electron chi connectivity index (χ2n) is 4.32. The molecule has 19 heavy (non-hydrogen) atoms. The van der Waals surface area contributed by atoms with Crippen molar-refractivity contribution in [3.63, 3.8) is 0 Å². The molecular formula is C14H10N2O3. The first-order valence-corrected chi connectivity index (χ1v) is 5.75. The summed E-state index contributed by atoms with van der Waals surface area (Å²) in [5, 5.41) is 11.8. The van der Waals surface area contributed by atoms with Gasteiger partial charge in [0.2, 0.25) is 5.91 Å². The highest BCUT2D eigenvalue weighted by Gasteiger charge is 2.21. The second kappa shape index (κ2) is 4.20. The number of pyridine rings is 1. The number of fused-ring (bicyclic) bond motifs is 1. The third kappa shape index (κ3) is 1.95. The van der Waals surface area contributed by atoms with Crippen molar-refractivity contribution in [3.05, 3.63) is 47.8 Å². The Morgan fingerprint density at radius 1 is 1.32 bits per heavy atom. The number of carbonyl (C=O) groups is 2. The number of carboxylic acids is 1. The maximum atomic E-state index is 11.4. The third-order valence-electron chi connectivity index (χ3n) is 3.08. The molecule has 1 amide bonds. The number of hydrogen-bond donors (Lipinski definition) is 2. The average molecular weight is 254 g/mol. The van der Waals surface area contributed by atoms with Gasteiger partial charge in [0, 0.05) is 23.6 Å². The van der Waals surface area contributed by atoms with Gasteiger partial charge in [0.05, 0.1) is 12.0 Å². The summed E-state index contributed by atoms with van der Waals surface area (Å²) < 4.78 is 0. The molecule has 0 atom stereocenters. The molecule has 0 radical (unpaired) electrons. The van der Waals surface area contributed by atoms with E-state index in [0.717, 1.165) is 16.8 Å². The van der Waals surface area contributed by atoms with Crippen molar-refractivity contribution < 1.29 is 14.7 Å². The van der Waals surface area contributed by atoms with Crippen LogP contribution in [0, 0.1) is 0 Å². The zero-order valence-electron chi connectivity index (χ0n) is 9.88. The Bertz CT molecular complexity index is 695. The van der Waals surface area contributed by atoms with Crippen LogP contribution in [0.5, 0.6) is 0 Å². The number of aromatic nitrogens is 1. The van der Waals surface area contributed by atoms with Gasteiger partial charge in [-0.25, -0.2) is 4.79 Å². The molecule has 5 nitrogen and oxygen atoms in total. The van der Waals surface area contributed by atoms with E-state index in [0.29, 0.717) is 12.0 Å². The van der Waals surface area contributed by atoms with E-state index < -0.39 is 5.97 Å². The molecule has 0 fully saturated rings. The van der Waals surface area contributed by atoms with Crippen LogP contribution in [0.2, 0.25) is 0 Å². The van der Waals surface area contributed by atoms with Crippen LogP contribution in [0.4, 0.5) is 5.69 Å². The largest absolute Gasteiger partial charge is 0.478 e. The summed E-state index contributed by atoms with van der Waals surface area (Å²) in [6.45, 7) is 0. The molecule has 1 aliphatic heterocycles. The number of nitrogens with zero attached hydrogens (tertiary/aromatic N) is 1. The van der Waals surface area contributed by atoms with Crippen LogP contribution in [0.15, 0.2) is 36.7 Å². The molecule has 0 bridgehead atoms. The molecule has 0 spiro atoms. The maximum absolute atomic E-state index is 11.4. The van der Waals surface area contributed by atoms with Crippen LogP contribution >= 0.6 is 0 Å². The van der Waals surface area contributed by atoms with Crippen molar-refractivity contribution in [1.82, 2.24) is 4.98 Å². The fraction of sp³-hybridized carbons (Fsp3) is 0.0714. The Kier molecular flexibility index (Phi) is 2.52. The van der Waals surface area contributed by atoms with Crippen LogP contribution in [0.1, 0.15) is 15.9 Å². The lowest BCUT2D eigenvalue weighted by molar-refractivity contribution is -0.115. The zero-order valence-corrected chi connectivity index (χ0v) is 9.88. The third-order valence-corrected chi connectivity index (χ3v) is 3.08. The molecule has 5 heteroatoms. The summed E-state index contributed by atoms with van der Waals surface area (Å²) in [4.78, 5) is 26.3. The van der Waals surface area contributed by atoms with Crippen LogP contribution in [-0.2, 0) is 11.2 Å². The van der Waals surface area contributed by atoms with E-state index >= 15 is 0 Å². The summed E-state index contributed by atoms with van der Waals surface area (Å²) in [6, 6.07) is 7.08. The average Bonchev–Trinajstić information content (AvgIpc) is 2.78. The summed E-state index contributed by atoms with van der Waals surface area (Å²) in [6.07, 6.45) is 3.21. The van der Waals surface area contributed by atoms with Gasteiger partial charge in [0.15, 0.2) is 0 Å². The minimum Gasteiger partial charge on any atom is -0.478 e. The number of benzene rings is 1. The molecule has 0 aliphatic carbocycles. The van der Waals surface area contributed by atoms with Crippen LogP contribution < -0.4 is 5.32 Å². The molecule has 0 saturated carbocycles. The highest BCUT2D eigenvalue weighted by atomic mass is 16.4. The molecule has 0 saturated heterocycles. The van der Waals surface area contributed by atoms with Gasteiger partial charge in [-0.2, -0.15) is 0 Å². The molecule has 2 aromatic rings. The number of aromatic carboxylic acids is 1. The van der Waals surface area contributed by atoms with Gasteiger partial charge in [-0.3, -0.25) is 9.78 Å². The fourth-order valence-corrected chi connectivity index (χ4v) is 2.22. The summed E-state index contributed by atoms with van der Waals surface area (Å²) in [7, 11) is 0. The van der Waals surface area contributed by atoms with Crippen molar-refractivity contribution >= 4 is 17.6 Å². The number of nitrogens with one attached hydrogen (secondary N) is 1. The lowest BCUT2D eigenvalue weighted by Crippen LogP contribution is -2.03. The molecule has 1 aromatic carbocycles. The highest BCUT2D eigenvalue weighted by Crippen LogP contribution is 2.33. The van der Waals surface area contributed by atoms with Crippen molar-refractivity contribution in [1.29, 1.82) is 0 Å². The number of amides is 1. The van der Waals surface area contributed by atoms with Crippen molar-refractivity contribution in [3.8, 4) is 11.1 Å². The molecule has 0 unspecified atom stereocenters. The van der Waals surface area contributed by atoms with E-state index in [4.69, 9.17) is 5.11 Å². The summed E-state index contributed by atoms with van der Waals surface area (Å²) in [5.41, 5.74) is 3.34. The Hall–Kier alpha value is -2.69. The minimum absolute atomic E-state index is 0.0511. The quantitative estimate of drug-likeness (QED) is 0.858. The van der Waals surface area contributed by atoms with Crippen molar-refractivity contribution in [2.75, 3.05) is 5.32 Å². The van der Waals surface area contributed by atoms with E-state index in [9.17, 15) is 9.59 Å². The predicted octanol–water partition coefficient (Wildman–Crippen LogP) is 1.94. The molecule has 94 valence electrons. The van der Waals surface area contributed by atoms with Gasteiger partial charge < -0.3 is 10.4 Å². The standard InChI is InChI=1S/C14H10N2O3/c17-13-5-11-10(2-1-3-12(11)16-13)8-4-9(14(18)19)7-15-6-8/h1-4,6-7H,5H2,(H,16,17)(H,18,19). The van der Waals surface area contributed by atoms with Gasteiger partial charge in [-0.15, -0.1) is 0 Å². The topological polar surface area (TPSA) is 79.3 Å². The second-order valence-corrected chi connectivity index (χ2v) is 4.32. The Balaban J connectivity index is 2.14. The van der Waals surface area contributed by atoms with E-state index in [-0.39, 0.29) is 11.5 Å². The molecule has 1 aromatic heterocycles. The maximum Gasteiger partial charge on any atom is 0.337 e. The van der Waals surface area contributed by atoms with E-state index in [2.05, 4.69) is 10.3 Å². The van der Waals surface area contributed by atoms with Crippen LogP contribution in [-0.4, -0.2) is 22.0 Å². The monoisotopic (exact) mass is 254 g/mol. The number of rotatable bonds is 2. The van der Waals surface area contributed by atoms with Gasteiger partial charge in [-0.05, 0) is 23.3 Å². The zero-order chi connectivity index (χ0) is 13.4. The summed E-state index contributed by atoms with van der Waals surface area (Å²) in [5.74, 6) is -1.07. The van der Waals surface area contributed by atoms with Gasteiger partial charge in [0.1, 0.15) is 0 Å². The van der Waals surface area contributed by atoms with Crippen molar-refractivity contribution in [2.24, 2.45) is 0 Å². The van der Waals surface area contributed by atoms with Gasteiger partial charge in [0.25, 0.3) is 0 Å². The molecule has 2 N–H and O–H groups in total. The van der Waals surface area contributed by atoms with Gasteiger partial charge in [-0.1, -0.05) is 12.1 Å².